The summed E-state index contributed by atoms with van der Waals surface area (Å²) in [5.41, 5.74) is -0.795. The zero-order chi connectivity index (χ0) is 15.7. The molecule has 0 saturated carbocycles. The lowest BCUT2D eigenvalue weighted by molar-refractivity contribution is -0.0455. The van der Waals surface area contributed by atoms with E-state index >= 15 is 0 Å². The van der Waals surface area contributed by atoms with Crippen LogP contribution >= 0.6 is 0 Å². The van der Waals surface area contributed by atoms with Crippen molar-refractivity contribution in [3.63, 3.8) is 0 Å². The second-order valence-corrected chi connectivity index (χ2v) is 5.77. The molecule has 7 heteroatoms. The molecule has 0 aliphatic carbocycles. The first-order chi connectivity index (χ1) is 9.85. The first-order valence-corrected chi connectivity index (χ1v) is 7.18. The predicted molar refractivity (Wildman–Crippen MR) is 76.1 cm³/mol. The molecule has 2 heterocycles. The summed E-state index contributed by atoms with van der Waals surface area (Å²) in [7, 11) is 0. The van der Waals surface area contributed by atoms with Crippen molar-refractivity contribution in [1.29, 1.82) is 0 Å². The summed E-state index contributed by atoms with van der Waals surface area (Å²) >= 11 is 0. The summed E-state index contributed by atoms with van der Waals surface area (Å²) in [6, 6.07) is 0. The van der Waals surface area contributed by atoms with Crippen LogP contribution in [0.5, 0.6) is 0 Å². The Labute approximate surface area is 122 Å². The molecule has 1 aliphatic heterocycles. The Balaban J connectivity index is 2.27. The fourth-order valence-corrected chi connectivity index (χ4v) is 2.49. The van der Waals surface area contributed by atoms with E-state index in [0.29, 0.717) is 17.9 Å². The third kappa shape index (κ3) is 3.09. The number of H-pyrrole nitrogens is 1. The van der Waals surface area contributed by atoms with Crippen molar-refractivity contribution in [3.8, 4) is 0 Å². The van der Waals surface area contributed by atoms with Gasteiger partial charge in [0.1, 0.15) is 12.2 Å². The molecule has 1 aromatic rings. The average molecular weight is 298 g/mol. The Hall–Kier alpha value is -1.44. The number of hydrogen-bond donors (Lipinski definition) is 3. The highest BCUT2D eigenvalue weighted by molar-refractivity contribution is 5.03. The maximum Gasteiger partial charge on any atom is 0.330 e. The summed E-state index contributed by atoms with van der Waals surface area (Å²) < 4.78 is 6.79. The smallest absolute Gasteiger partial charge is 0.330 e. The van der Waals surface area contributed by atoms with Crippen molar-refractivity contribution >= 4 is 0 Å². The molecule has 0 amide bonds. The second kappa shape index (κ2) is 6.13. The summed E-state index contributed by atoms with van der Waals surface area (Å²) in [5, 5.41) is 20.2. The predicted octanol–water partition coefficient (Wildman–Crippen LogP) is -0.0996. The molecule has 5 atom stereocenters. The van der Waals surface area contributed by atoms with Crippen LogP contribution in [0.25, 0.3) is 0 Å². The topological polar surface area (TPSA) is 105 Å². The van der Waals surface area contributed by atoms with Crippen molar-refractivity contribution in [2.24, 2.45) is 5.92 Å². The Kier molecular flexibility index (Phi) is 4.65. The Morgan fingerprint density at radius 3 is 2.67 bits per heavy atom. The van der Waals surface area contributed by atoms with Crippen LogP contribution in [-0.2, 0) is 4.74 Å². The maximum atomic E-state index is 11.9. The number of nitrogens with one attached hydrogen (secondary N) is 1. The van der Waals surface area contributed by atoms with E-state index in [-0.39, 0.29) is 0 Å². The number of hydrogen-bond acceptors (Lipinski definition) is 5. The van der Waals surface area contributed by atoms with Gasteiger partial charge in [0, 0.05) is 11.8 Å². The van der Waals surface area contributed by atoms with Gasteiger partial charge in [-0.3, -0.25) is 14.3 Å². The third-order valence-electron chi connectivity index (χ3n) is 4.09. The van der Waals surface area contributed by atoms with Gasteiger partial charge in [-0.15, -0.1) is 0 Å². The van der Waals surface area contributed by atoms with Gasteiger partial charge < -0.3 is 14.9 Å². The van der Waals surface area contributed by atoms with Gasteiger partial charge in [-0.05, 0) is 19.3 Å². The minimum Gasteiger partial charge on any atom is -0.388 e. The van der Waals surface area contributed by atoms with E-state index in [0.717, 1.165) is 11.0 Å². The molecule has 1 aliphatic rings. The maximum absolute atomic E-state index is 11.9. The van der Waals surface area contributed by atoms with Crippen molar-refractivity contribution in [3.05, 3.63) is 32.6 Å². The lowest BCUT2D eigenvalue weighted by Gasteiger charge is -2.18. The van der Waals surface area contributed by atoms with E-state index in [4.69, 9.17) is 4.74 Å². The number of ether oxygens (including phenoxy) is 1. The molecule has 0 spiro atoms. The van der Waals surface area contributed by atoms with Crippen LogP contribution in [0.4, 0.5) is 0 Å². The largest absolute Gasteiger partial charge is 0.388 e. The van der Waals surface area contributed by atoms with Gasteiger partial charge in [0.25, 0.3) is 5.56 Å². The van der Waals surface area contributed by atoms with E-state index in [1.807, 2.05) is 13.8 Å². The number of aliphatic hydroxyl groups is 2. The number of aromatic nitrogens is 2. The van der Waals surface area contributed by atoms with Crippen LogP contribution in [0.3, 0.4) is 0 Å². The number of aromatic amines is 1. The van der Waals surface area contributed by atoms with E-state index < -0.39 is 35.8 Å². The van der Waals surface area contributed by atoms with Crippen LogP contribution in [-0.4, -0.2) is 38.1 Å². The number of aryl methyl sites for hydroxylation is 1. The van der Waals surface area contributed by atoms with Gasteiger partial charge in [0.15, 0.2) is 6.23 Å². The minimum absolute atomic E-state index is 0.338. The molecule has 2 rings (SSSR count). The molecule has 1 aromatic heterocycles. The Morgan fingerprint density at radius 2 is 2.05 bits per heavy atom. The van der Waals surface area contributed by atoms with E-state index in [1.54, 1.807) is 6.92 Å². The Morgan fingerprint density at radius 1 is 1.38 bits per heavy atom. The van der Waals surface area contributed by atoms with Gasteiger partial charge in [0.05, 0.1) is 6.10 Å². The highest BCUT2D eigenvalue weighted by Gasteiger charge is 2.44. The van der Waals surface area contributed by atoms with E-state index in [2.05, 4.69) is 4.98 Å². The molecular weight excluding hydrogens is 276 g/mol. The van der Waals surface area contributed by atoms with Crippen LogP contribution in [0.15, 0.2) is 15.8 Å². The molecule has 21 heavy (non-hydrogen) atoms. The van der Waals surface area contributed by atoms with Gasteiger partial charge in [-0.1, -0.05) is 20.3 Å². The summed E-state index contributed by atoms with van der Waals surface area (Å²) in [6.45, 7) is 5.63. The summed E-state index contributed by atoms with van der Waals surface area (Å²) in [6.07, 6.45) is -0.901. The van der Waals surface area contributed by atoms with E-state index in [1.165, 1.54) is 6.20 Å². The SMILES string of the molecule is CCC(C)CC1O[C@@H](n2cc(C)c(=O)[nH]c2=O)[C@H](O)[C@@H]1O. The van der Waals surface area contributed by atoms with Crippen molar-refractivity contribution in [2.45, 2.75) is 58.2 Å². The molecule has 0 bridgehead atoms. The molecule has 3 N–H and O–H groups in total. The number of rotatable bonds is 4. The number of nitrogens with zero attached hydrogens (tertiary/aromatic N) is 1. The lowest BCUT2D eigenvalue weighted by Crippen LogP contribution is -2.38. The minimum atomic E-state index is -1.21. The average Bonchev–Trinajstić information content (AvgIpc) is 2.71. The number of aliphatic hydroxyl groups excluding tert-OH is 2. The molecular formula is C14H22N2O5. The highest BCUT2D eigenvalue weighted by atomic mass is 16.6. The lowest BCUT2D eigenvalue weighted by atomic mass is 9.97. The summed E-state index contributed by atoms with van der Waals surface area (Å²) in [5.74, 6) is 0.338. The van der Waals surface area contributed by atoms with Crippen molar-refractivity contribution in [1.82, 2.24) is 9.55 Å². The standard InChI is InChI=1S/C14H22N2O5/c1-4-7(2)5-9-10(17)11(18)13(21-9)16-6-8(3)12(19)15-14(16)20/h6-7,9-11,13,17-18H,4-5H2,1-3H3,(H,15,19,20)/t7?,9?,10-,11-,13-/m1/s1. The molecule has 0 radical (unpaired) electrons. The van der Waals surface area contributed by atoms with Gasteiger partial charge >= 0.3 is 5.69 Å². The molecule has 7 nitrogen and oxygen atoms in total. The molecule has 1 saturated heterocycles. The van der Waals surface area contributed by atoms with Gasteiger partial charge in [-0.2, -0.15) is 0 Å². The van der Waals surface area contributed by atoms with Gasteiger partial charge in [-0.25, -0.2) is 4.79 Å². The van der Waals surface area contributed by atoms with Crippen LogP contribution in [0.1, 0.15) is 38.5 Å². The first kappa shape index (κ1) is 15.9. The van der Waals surface area contributed by atoms with Crippen molar-refractivity contribution in [2.75, 3.05) is 0 Å². The molecule has 2 unspecified atom stereocenters. The monoisotopic (exact) mass is 298 g/mol. The fraction of sp³-hybridized carbons (Fsp3) is 0.714. The summed E-state index contributed by atoms with van der Waals surface area (Å²) in [4.78, 5) is 25.4. The second-order valence-electron chi connectivity index (χ2n) is 5.77. The Bertz CT molecular complexity index is 608. The molecule has 0 aromatic carbocycles. The quantitative estimate of drug-likeness (QED) is 0.720. The highest BCUT2D eigenvalue weighted by Crippen LogP contribution is 2.32. The zero-order valence-corrected chi connectivity index (χ0v) is 12.4. The molecule has 1 fully saturated rings. The fourth-order valence-electron chi connectivity index (χ4n) is 2.49. The van der Waals surface area contributed by atoms with Gasteiger partial charge in [0.2, 0.25) is 0 Å². The van der Waals surface area contributed by atoms with Crippen LogP contribution in [0.2, 0.25) is 0 Å². The van der Waals surface area contributed by atoms with Crippen molar-refractivity contribution < 1.29 is 14.9 Å². The normalized spacial score (nSPS) is 30.5. The first-order valence-electron chi connectivity index (χ1n) is 7.18. The van der Waals surface area contributed by atoms with E-state index in [9.17, 15) is 19.8 Å². The zero-order valence-electron chi connectivity index (χ0n) is 12.4. The van der Waals surface area contributed by atoms with Crippen LogP contribution < -0.4 is 11.2 Å². The molecule has 118 valence electrons. The third-order valence-corrected chi connectivity index (χ3v) is 4.09. The van der Waals surface area contributed by atoms with Crippen LogP contribution in [0, 0.1) is 12.8 Å².